The van der Waals surface area contributed by atoms with E-state index in [0.717, 1.165) is 6.92 Å². The molecule has 7 heavy (non-hydrogen) atoms. The third-order valence-corrected chi connectivity index (χ3v) is 0. The van der Waals surface area contributed by atoms with Gasteiger partial charge in [-0.05, 0) is 0 Å². The molecule has 1 radical (unpaired) electrons. The van der Waals surface area contributed by atoms with Crippen molar-refractivity contribution in [2.24, 2.45) is 0 Å². The van der Waals surface area contributed by atoms with Gasteiger partial charge in [-0.25, -0.2) is 0 Å². The van der Waals surface area contributed by atoms with Crippen LogP contribution < -0.4 is 0 Å². The van der Waals surface area contributed by atoms with Crippen LogP contribution in [0.4, 0.5) is 0 Å². The molecule has 0 amide bonds. The molecule has 49 valence electrons. The molecule has 0 spiro atoms. The van der Waals surface area contributed by atoms with Crippen LogP contribution in [0.25, 0.3) is 0 Å². The van der Waals surface area contributed by atoms with E-state index < -0.39 is 5.97 Å². The molecule has 3 N–H and O–H groups in total. The predicted molar refractivity (Wildman–Crippen MR) is 17.2 cm³/mol. The van der Waals surface area contributed by atoms with Gasteiger partial charge in [0.25, 0.3) is 5.97 Å². The van der Waals surface area contributed by atoms with E-state index in [1.807, 2.05) is 0 Å². The molecule has 0 saturated carbocycles. The van der Waals surface area contributed by atoms with Gasteiger partial charge in [0.05, 0.1) is 0 Å². The van der Waals surface area contributed by atoms with Crippen LogP contribution in [0.1, 0.15) is 6.92 Å². The Bertz CT molecular complexity index is 32.7. The fourth-order valence-corrected chi connectivity index (χ4v) is 0. The molecule has 0 aliphatic rings. The topological polar surface area (TPSA) is 97.3 Å². The van der Waals surface area contributed by atoms with E-state index in [-0.39, 0.29) is 28.0 Å². The average Bonchev–Trinajstić information content (AvgIpc) is 0.811. The number of aliphatic carboxylic acids is 1. The fraction of sp³-hybridized carbons (Fsp3) is 0.500. The van der Waals surface area contributed by atoms with E-state index in [4.69, 9.17) is 9.90 Å². The van der Waals surface area contributed by atoms with E-state index in [9.17, 15) is 0 Å². The predicted octanol–water partition coefficient (Wildman–Crippen LogP) is -0.265. The molecule has 0 aromatic rings. The minimum absolute atomic E-state index is 0. The molecule has 0 saturated heterocycles. The third kappa shape index (κ3) is 11000. The van der Waals surface area contributed by atoms with Crippen molar-refractivity contribution in [1.82, 2.24) is 0 Å². The zero-order chi connectivity index (χ0) is 3.58. The van der Waals surface area contributed by atoms with Crippen molar-refractivity contribution in [1.29, 1.82) is 0 Å². The Morgan fingerprint density at radius 2 is 1.43 bits per heavy atom. The number of hydrogen-bond acceptors (Lipinski definition) is 3. The Labute approximate surface area is 51.6 Å². The summed E-state index contributed by atoms with van der Waals surface area (Å²) >= 11 is 0. The van der Waals surface area contributed by atoms with Crippen molar-refractivity contribution in [3.05, 3.63) is 0 Å². The van der Waals surface area contributed by atoms with Crippen molar-refractivity contribution < 1.29 is 37.9 Å². The Morgan fingerprint density at radius 1 is 1.43 bits per heavy atom. The molecular formula is C2H6CuO4. The monoisotopic (exact) mass is 157 g/mol. The molecule has 0 aromatic heterocycles. The van der Waals surface area contributed by atoms with Gasteiger partial charge in [0.2, 0.25) is 0 Å². The summed E-state index contributed by atoms with van der Waals surface area (Å²) in [5, 5.41) is 7.42. The summed E-state index contributed by atoms with van der Waals surface area (Å²) in [5.41, 5.74) is 0. The number of carboxylic acids is 1. The van der Waals surface area contributed by atoms with Crippen LogP contribution in [-0.2, 0) is 21.9 Å². The van der Waals surface area contributed by atoms with Crippen LogP contribution >= 0.6 is 0 Å². The van der Waals surface area contributed by atoms with Gasteiger partial charge in [-0.15, -0.1) is 0 Å². The minimum atomic E-state index is -0.833. The molecule has 4 nitrogen and oxygen atoms in total. The maximum Gasteiger partial charge on any atom is 2.00 e. The Kier molecular flexibility index (Phi) is 68.5. The molecule has 0 unspecified atom stereocenters. The molecule has 0 rings (SSSR count). The SMILES string of the molecule is CC(=O)O.[Cu+2].[OH-].[OH-]. The summed E-state index contributed by atoms with van der Waals surface area (Å²) in [4.78, 5) is 9.00. The van der Waals surface area contributed by atoms with Crippen molar-refractivity contribution in [3.8, 4) is 0 Å². The molecule has 0 heterocycles. The van der Waals surface area contributed by atoms with Gasteiger partial charge in [-0.3, -0.25) is 4.79 Å². The van der Waals surface area contributed by atoms with Gasteiger partial charge in [0.1, 0.15) is 0 Å². The first-order chi connectivity index (χ1) is 1.73. The van der Waals surface area contributed by atoms with Gasteiger partial charge in [0, 0.05) is 6.92 Å². The summed E-state index contributed by atoms with van der Waals surface area (Å²) in [6.07, 6.45) is 0. The second-order valence-corrected chi connectivity index (χ2v) is 0.519. The summed E-state index contributed by atoms with van der Waals surface area (Å²) in [7, 11) is 0. The molecule has 0 aliphatic carbocycles. The molecule has 0 atom stereocenters. The maximum absolute atomic E-state index is 9.00. The van der Waals surface area contributed by atoms with E-state index in [2.05, 4.69) is 0 Å². The number of carboxylic acid groups (broad SMARTS) is 1. The first kappa shape index (κ1) is 28.5. The van der Waals surface area contributed by atoms with Crippen molar-refractivity contribution >= 4 is 5.97 Å². The minimum Gasteiger partial charge on any atom is -0.870 e. The van der Waals surface area contributed by atoms with E-state index in [1.165, 1.54) is 0 Å². The van der Waals surface area contributed by atoms with Crippen LogP contribution in [0.15, 0.2) is 0 Å². The van der Waals surface area contributed by atoms with E-state index in [0.29, 0.717) is 0 Å². The zero-order valence-electron chi connectivity index (χ0n) is 3.55. The van der Waals surface area contributed by atoms with Crippen LogP contribution in [0, 0.1) is 0 Å². The van der Waals surface area contributed by atoms with E-state index in [1.54, 1.807) is 0 Å². The zero-order valence-corrected chi connectivity index (χ0v) is 4.49. The fourth-order valence-electron chi connectivity index (χ4n) is 0. The third-order valence-electron chi connectivity index (χ3n) is 0. The van der Waals surface area contributed by atoms with Crippen molar-refractivity contribution in [3.63, 3.8) is 0 Å². The van der Waals surface area contributed by atoms with E-state index >= 15 is 0 Å². The largest absolute Gasteiger partial charge is 2.00 e. The summed E-state index contributed by atoms with van der Waals surface area (Å²) in [6, 6.07) is 0. The Balaban J connectivity index is -0.0000000150. The van der Waals surface area contributed by atoms with Crippen LogP contribution in [0.5, 0.6) is 0 Å². The van der Waals surface area contributed by atoms with Crippen molar-refractivity contribution in [2.45, 2.75) is 6.92 Å². The molecule has 0 fully saturated rings. The molecule has 5 heteroatoms. The van der Waals surface area contributed by atoms with Gasteiger partial charge in [-0.1, -0.05) is 0 Å². The smallest absolute Gasteiger partial charge is 0.870 e. The van der Waals surface area contributed by atoms with Crippen LogP contribution in [0.2, 0.25) is 0 Å². The standard InChI is InChI=1S/C2H4O2.Cu.2H2O/c1-2(3)4;;;/h1H3,(H,3,4);;2*1H2/q;+2;;/p-2. The first-order valence-corrected chi connectivity index (χ1v) is 0.928. The normalized spacial score (nSPS) is 3.57. The molecular weight excluding hydrogens is 152 g/mol. The van der Waals surface area contributed by atoms with Crippen LogP contribution in [0.3, 0.4) is 0 Å². The van der Waals surface area contributed by atoms with Gasteiger partial charge >= 0.3 is 17.1 Å². The molecule has 0 aliphatic heterocycles. The van der Waals surface area contributed by atoms with Gasteiger partial charge in [-0.2, -0.15) is 0 Å². The van der Waals surface area contributed by atoms with Gasteiger partial charge < -0.3 is 16.1 Å². The quantitative estimate of drug-likeness (QED) is 0.490. The second kappa shape index (κ2) is 16.8. The summed E-state index contributed by atoms with van der Waals surface area (Å²) in [6.45, 7) is 1.08. The number of rotatable bonds is 0. The van der Waals surface area contributed by atoms with Gasteiger partial charge in [0.15, 0.2) is 0 Å². The molecule has 0 aromatic carbocycles. The number of hydrogen-bond donors (Lipinski definition) is 1. The molecule has 0 bridgehead atoms. The second-order valence-electron chi connectivity index (χ2n) is 0.519. The summed E-state index contributed by atoms with van der Waals surface area (Å²) < 4.78 is 0. The number of carbonyl (C=O) groups is 1. The first-order valence-electron chi connectivity index (χ1n) is 0.928. The van der Waals surface area contributed by atoms with Crippen molar-refractivity contribution in [2.75, 3.05) is 0 Å². The average molecular weight is 158 g/mol. The maximum atomic E-state index is 9.00. The Morgan fingerprint density at radius 3 is 1.43 bits per heavy atom. The Hall–Kier alpha value is -0.0905. The summed E-state index contributed by atoms with van der Waals surface area (Å²) in [5.74, 6) is -0.833. The van der Waals surface area contributed by atoms with Crippen LogP contribution in [-0.4, -0.2) is 22.0 Å².